The summed E-state index contributed by atoms with van der Waals surface area (Å²) in [5.74, 6) is 0.314. The van der Waals surface area contributed by atoms with Crippen LogP contribution in [-0.2, 0) is 0 Å². The monoisotopic (exact) mass is 348 g/mol. The van der Waals surface area contributed by atoms with Gasteiger partial charge in [-0.25, -0.2) is 0 Å². The van der Waals surface area contributed by atoms with Gasteiger partial charge in [0, 0.05) is 10.0 Å². The molecule has 1 N–H and O–H groups in total. The van der Waals surface area contributed by atoms with E-state index < -0.39 is 0 Å². The molecule has 0 bridgehead atoms. The molecular formula is C20H13BrO. The molecular weight excluding hydrogens is 336 g/mol. The Morgan fingerprint density at radius 2 is 1.50 bits per heavy atom. The Balaban J connectivity index is 2.14. The third-order valence-electron chi connectivity index (χ3n) is 4.02. The molecule has 0 aliphatic carbocycles. The molecule has 4 aromatic carbocycles. The lowest BCUT2D eigenvalue weighted by Crippen LogP contribution is -1.85. The average molecular weight is 349 g/mol. The van der Waals surface area contributed by atoms with Gasteiger partial charge in [-0.1, -0.05) is 70.5 Å². The number of phenolic OH excluding ortho intramolecular Hbond substituents is 1. The molecule has 0 aromatic heterocycles. The molecule has 4 aromatic rings. The predicted molar refractivity (Wildman–Crippen MR) is 96.3 cm³/mol. The van der Waals surface area contributed by atoms with E-state index in [1.54, 1.807) is 6.07 Å². The standard InChI is InChI=1S/C20H13BrO/c21-15-9-10-16-14(12-15)5-3-7-18(16)20-17-6-2-1-4-13(17)8-11-19(20)22/h1-12,22H. The van der Waals surface area contributed by atoms with Crippen molar-refractivity contribution in [1.82, 2.24) is 0 Å². The Labute approximate surface area is 137 Å². The highest BCUT2D eigenvalue weighted by Gasteiger charge is 2.12. The molecule has 106 valence electrons. The summed E-state index contributed by atoms with van der Waals surface area (Å²) in [6.07, 6.45) is 0. The van der Waals surface area contributed by atoms with Crippen LogP contribution in [0.3, 0.4) is 0 Å². The van der Waals surface area contributed by atoms with Crippen LogP contribution in [0.4, 0.5) is 0 Å². The normalized spacial score (nSPS) is 11.1. The number of fused-ring (bicyclic) bond motifs is 2. The van der Waals surface area contributed by atoms with E-state index in [0.717, 1.165) is 37.1 Å². The third kappa shape index (κ3) is 2.08. The van der Waals surface area contributed by atoms with Gasteiger partial charge >= 0.3 is 0 Å². The molecule has 0 heterocycles. The van der Waals surface area contributed by atoms with Gasteiger partial charge in [0.25, 0.3) is 0 Å². The van der Waals surface area contributed by atoms with E-state index in [2.05, 4.69) is 52.3 Å². The highest BCUT2D eigenvalue weighted by atomic mass is 79.9. The number of hydrogen-bond acceptors (Lipinski definition) is 1. The second-order valence-electron chi connectivity index (χ2n) is 5.35. The van der Waals surface area contributed by atoms with Crippen LogP contribution in [0.25, 0.3) is 32.7 Å². The van der Waals surface area contributed by atoms with Crippen molar-refractivity contribution in [2.24, 2.45) is 0 Å². The van der Waals surface area contributed by atoms with Crippen molar-refractivity contribution in [3.63, 3.8) is 0 Å². The molecule has 0 amide bonds. The number of rotatable bonds is 1. The Morgan fingerprint density at radius 3 is 2.41 bits per heavy atom. The first kappa shape index (κ1) is 13.4. The number of phenols is 1. The molecule has 0 spiro atoms. The number of aromatic hydroxyl groups is 1. The third-order valence-corrected chi connectivity index (χ3v) is 4.51. The fourth-order valence-corrected chi connectivity index (χ4v) is 3.39. The van der Waals surface area contributed by atoms with Gasteiger partial charge in [0.15, 0.2) is 0 Å². The van der Waals surface area contributed by atoms with Gasteiger partial charge in [-0.2, -0.15) is 0 Å². The van der Waals surface area contributed by atoms with Crippen LogP contribution >= 0.6 is 15.9 Å². The minimum atomic E-state index is 0.314. The number of halogens is 1. The van der Waals surface area contributed by atoms with E-state index in [9.17, 15) is 5.11 Å². The molecule has 0 saturated heterocycles. The molecule has 4 rings (SSSR count). The largest absolute Gasteiger partial charge is 0.507 e. The summed E-state index contributed by atoms with van der Waals surface area (Å²) in [7, 11) is 0. The van der Waals surface area contributed by atoms with Crippen molar-refractivity contribution in [3.8, 4) is 16.9 Å². The van der Waals surface area contributed by atoms with E-state index in [4.69, 9.17) is 0 Å². The molecule has 0 saturated carbocycles. The van der Waals surface area contributed by atoms with Gasteiger partial charge in [-0.15, -0.1) is 0 Å². The fourth-order valence-electron chi connectivity index (χ4n) is 3.02. The molecule has 1 nitrogen and oxygen atoms in total. The van der Waals surface area contributed by atoms with Crippen molar-refractivity contribution in [2.45, 2.75) is 0 Å². The maximum atomic E-state index is 10.5. The van der Waals surface area contributed by atoms with Gasteiger partial charge in [-0.3, -0.25) is 0 Å². The molecule has 22 heavy (non-hydrogen) atoms. The van der Waals surface area contributed by atoms with Crippen LogP contribution in [0, 0.1) is 0 Å². The summed E-state index contributed by atoms with van der Waals surface area (Å²) in [5.41, 5.74) is 1.95. The second-order valence-corrected chi connectivity index (χ2v) is 6.27. The first-order valence-electron chi connectivity index (χ1n) is 7.13. The molecule has 0 aliphatic rings. The maximum Gasteiger partial charge on any atom is 0.124 e. The zero-order valence-electron chi connectivity index (χ0n) is 11.8. The first-order valence-corrected chi connectivity index (χ1v) is 7.93. The van der Waals surface area contributed by atoms with E-state index in [-0.39, 0.29) is 0 Å². The van der Waals surface area contributed by atoms with E-state index in [1.807, 2.05) is 30.3 Å². The van der Waals surface area contributed by atoms with Gasteiger partial charge in [0.05, 0.1) is 0 Å². The van der Waals surface area contributed by atoms with Crippen LogP contribution in [0.2, 0.25) is 0 Å². The minimum absolute atomic E-state index is 0.314. The quantitative estimate of drug-likeness (QED) is 0.438. The maximum absolute atomic E-state index is 10.5. The molecule has 0 atom stereocenters. The molecule has 0 unspecified atom stereocenters. The summed E-state index contributed by atoms with van der Waals surface area (Å²) in [6, 6.07) is 24.3. The van der Waals surface area contributed by atoms with E-state index in [1.165, 1.54) is 0 Å². The summed E-state index contributed by atoms with van der Waals surface area (Å²) >= 11 is 3.52. The molecule has 0 radical (unpaired) electrons. The Kier molecular flexibility index (Phi) is 3.12. The number of hydrogen-bond donors (Lipinski definition) is 1. The van der Waals surface area contributed by atoms with Crippen LogP contribution in [0.5, 0.6) is 5.75 Å². The summed E-state index contributed by atoms with van der Waals surface area (Å²) in [5, 5.41) is 15.0. The molecule has 0 aliphatic heterocycles. The molecule has 2 heteroatoms. The Morgan fingerprint density at radius 1 is 0.682 bits per heavy atom. The Hall–Kier alpha value is -2.32. The van der Waals surface area contributed by atoms with Gasteiger partial charge in [-0.05, 0) is 45.3 Å². The fraction of sp³-hybridized carbons (Fsp3) is 0. The summed E-state index contributed by atoms with van der Waals surface area (Å²) < 4.78 is 1.05. The zero-order valence-corrected chi connectivity index (χ0v) is 13.3. The van der Waals surface area contributed by atoms with Gasteiger partial charge in [0.2, 0.25) is 0 Å². The van der Waals surface area contributed by atoms with Gasteiger partial charge < -0.3 is 5.11 Å². The zero-order chi connectivity index (χ0) is 15.1. The molecule has 0 fully saturated rings. The van der Waals surface area contributed by atoms with Crippen LogP contribution in [-0.4, -0.2) is 5.11 Å². The average Bonchev–Trinajstić information content (AvgIpc) is 2.54. The van der Waals surface area contributed by atoms with E-state index >= 15 is 0 Å². The van der Waals surface area contributed by atoms with Gasteiger partial charge in [0.1, 0.15) is 5.75 Å². The Bertz CT molecular complexity index is 1000. The summed E-state index contributed by atoms with van der Waals surface area (Å²) in [6.45, 7) is 0. The number of benzene rings is 4. The highest BCUT2D eigenvalue weighted by molar-refractivity contribution is 9.10. The van der Waals surface area contributed by atoms with E-state index in [0.29, 0.717) is 5.75 Å². The lowest BCUT2D eigenvalue weighted by atomic mass is 9.93. The van der Waals surface area contributed by atoms with Crippen LogP contribution in [0.1, 0.15) is 0 Å². The van der Waals surface area contributed by atoms with Crippen LogP contribution < -0.4 is 0 Å². The van der Waals surface area contributed by atoms with Crippen molar-refractivity contribution in [1.29, 1.82) is 0 Å². The summed E-state index contributed by atoms with van der Waals surface area (Å²) in [4.78, 5) is 0. The predicted octanol–water partition coefficient (Wildman–Crippen LogP) is 6.13. The van der Waals surface area contributed by atoms with Crippen LogP contribution in [0.15, 0.2) is 77.3 Å². The second kappa shape index (κ2) is 5.15. The van der Waals surface area contributed by atoms with Crippen molar-refractivity contribution in [2.75, 3.05) is 0 Å². The first-order chi connectivity index (χ1) is 10.7. The lowest BCUT2D eigenvalue weighted by molar-refractivity contribution is 0.478. The van der Waals surface area contributed by atoms with Crippen molar-refractivity contribution < 1.29 is 5.11 Å². The smallest absolute Gasteiger partial charge is 0.124 e. The van der Waals surface area contributed by atoms with Crippen molar-refractivity contribution in [3.05, 3.63) is 77.3 Å². The lowest BCUT2D eigenvalue weighted by Gasteiger charge is -2.12. The van der Waals surface area contributed by atoms with Crippen molar-refractivity contribution >= 4 is 37.5 Å². The minimum Gasteiger partial charge on any atom is -0.507 e. The highest BCUT2D eigenvalue weighted by Crippen LogP contribution is 2.40. The SMILES string of the molecule is Oc1ccc2ccccc2c1-c1cccc2cc(Br)ccc12. The topological polar surface area (TPSA) is 20.2 Å².